The van der Waals surface area contributed by atoms with E-state index in [1.165, 1.54) is 0 Å². The number of alkyl halides is 17. The lowest BCUT2D eigenvalue weighted by Gasteiger charge is -2.45. The Bertz CT molecular complexity index is 729. The van der Waals surface area contributed by atoms with Crippen LogP contribution in [0.5, 0.6) is 0 Å². The molecular weight excluding hydrogens is 499 g/mol. The smallest absolute Gasteiger partial charge is 0.283 e. The average Bonchev–Trinajstić information content (AvgIpc) is 2.39. The summed E-state index contributed by atoms with van der Waals surface area (Å²) in [5.74, 6) is -26.8. The molecule has 0 saturated heterocycles. The molecule has 2 unspecified atom stereocenters. The Hall–Kier alpha value is -1.28. The van der Waals surface area contributed by atoms with E-state index in [4.69, 9.17) is 4.55 Å². The van der Waals surface area contributed by atoms with Crippen LogP contribution in [0.15, 0.2) is 0 Å². The van der Waals surface area contributed by atoms with Crippen LogP contribution in [-0.4, -0.2) is 59.9 Å². The zero-order chi connectivity index (χ0) is 24.5. The van der Waals surface area contributed by atoms with Crippen LogP contribution in [0.1, 0.15) is 0 Å². The zero-order valence-corrected chi connectivity index (χ0v) is 12.9. The Labute approximate surface area is 146 Å². The standard InChI is InChI=1S/C8HF17O3S/c9-1(6(17,18)19,3(12,13)7(20,21)22)2(10,11)4(14,15)5(16,8(23,24)25)29(26,27)28/h(H,26,27,28). The van der Waals surface area contributed by atoms with Gasteiger partial charge in [-0.1, -0.05) is 0 Å². The van der Waals surface area contributed by atoms with Gasteiger partial charge in [-0.05, 0) is 0 Å². The van der Waals surface area contributed by atoms with Gasteiger partial charge >= 0.3 is 57.1 Å². The van der Waals surface area contributed by atoms with Crippen LogP contribution < -0.4 is 0 Å². The fraction of sp³-hybridized carbons (Fsp3) is 1.00. The molecule has 0 rings (SSSR count). The van der Waals surface area contributed by atoms with Gasteiger partial charge in [0.2, 0.25) is 0 Å². The second-order valence-electron chi connectivity index (χ2n) is 4.95. The molecule has 0 radical (unpaired) electrons. The van der Waals surface area contributed by atoms with Crippen LogP contribution in [0.4, 0.5) is 74.6 Å². The van der Waals surface area contributed by atoms with Crippen LogP contribution in [-0.2, 0) is 10.1 Å². The molecule has 0 spiro atoms. The summed E-state index contributed by atoms with van der Waals surface area (Å²) in [6.07, 6.45) is -24.8. The normalized spacial score (nSPS) is 20.2. The maximum absolute atomic E-state index is 13.5. The molecule has 3 nitrogen and oxygen atoms in total. The van der Waals surface area contributed by atoms with E-state index < -0.39 is 57.1 Å². The zero-order valence-electron chi connectivity index (χ0n) is 12.1. The Morgan fingerprint density at radius 1 is 0.448 bits per heavy atom. The predicted octanol–water partition coefficient (Wildman–Crippen LogP) is 4.84. The van der Waals surface area contributed by atoms with Crippen LogP contribution in [0, 0.1) is 0 Å². The van der Waals surface area contributed by atoms with Crippen molar-refractivity contribution >= 4 is 10.1 Å². The molecule has 0 aromatic carbocycles. The molecule has 21 heteroatoms. The first kappa shape index (κ1) is 27.7. The Morgan fingerprint density at radius 2 is 0.759 bits per heavy atom. The molecule has 0 heterocycles. The first-order chi connectivity index (χ1) is 12.0. The molecule has 176 valence electrons. The number of halogens is 17. The molecule has 1 N–H and O–H groups in total. The third-order valence-electron chi connectivity index (χ3n) is 3.13. The van der Waals surface area contributed by atoms with E-state index in [2.05, 4.69) is 0 Å². The van der Waals surface area contributed by atoms with E-state index in [1.54, 1.807) is 0 Å². The number of rotatable bonds is 5. The van der Waals surface area contributed by atoms with E-state index in [-0.39, 0.29) is 0 Å². The van der Waals surface area contributed by atoms with Gasteiger partial charge in [0.15, 0.2) is 0 Å². The molecule has 0 aromatic heterocycles. The monoisotopic (exact) mass is 500 g/mol. The minimum atomic E-state index is -9.16. The summed E-state index contributed by atoms with van der Waals surface area (Å²) in [7, 11) is -8.43. The minimum absolute atomic E-state index is 7.85. The fourth-order valence-electron chi connectivity index (χ4n) is 1.65. The van der Waals surface area contributed by atoms with Gasteiger partial charge in [-0.3, -0.25) is 4.55 Å². The van der Waals surface area contributed by atoms with Crippen LogP contribution >= 0.6 is 0 Å². The molecular formula is C8HF17O3S. The summed E-state index contributed by atoms with van der Waals surface area (Å²) < 4.78 is 244. The third-order valence-corrected chi connectivity index (χ3v) is 4.33. The first-order valence-corrected chi connectivity index (χ1v) is 7.12. The van der Waals surface area contributed by atoms with Crippen molar-refractivity contribution in [1.29, 1.82) is 0 Å². The number of hydrogen-bond acceptors (Lipinski definition) is 2. The van der Waals surface area contributed by atoms with Crippen molar-refractivity contribution < 1.29 is 87.6 Å². The topological polar surface area (TPSA) is 54.4 Å². The van der Waals surface area contributed by atoms with Gasteiger partial charge in [0.25, 0.3) is 0 Å². The highest BCUT2D eigenvalue weighted by molar-refractivity contribution is 7.87. The molecule has 0 aliphatic carbocycles. The fourth-order valence-corrected chi connectivity index (χ4v) is 2.40. The Kier molecular flexibility index (Phi) is 6.08. The maximum atomic E-state index is 13.5. The van der Waals surface area contributed by atoms with E-state index in [9.17, 15) is 83.1 Å². The highest BCUT2D eigenvalue weighted by Gasteiger charge is 2.99. The summed E-state index contributed by atoms with van der Waals surface area (Å²) in [5, 5.41) is -8.37. The van der Waals surface area contributed by atoms with Crippen molar-refractivity contribution in [2.24, 2.45) is 0 Å². The molecule has 0 aliphatic heterocycles. The Balaban J connectivity index is 7.55. The lowest BCUT2D eigenvalue weighted by Crippen LogP contribution is -2.79. The summed E-state index contributed by atoms with van der Waals surface area (Å²) >= 11 is 0. The summed E-state index contributed by atoms with van der Waals surface area (Å²) in [6, 6.07) is 0. The van der Waals surface area contributed by atoms with Crippen molar-refractivity contribution in [2.75, 3.05) is 0 Å². The van der Waals surface area contributed by atoms with E-state index >= 15 is 0 Å². The van der Waals surface area contributed by atoms with E-state index in [1.807, 2.05) is 0 Å². The molecule has 0 aliphatic rings. The minimum Gasteiger partial charge on any atom is -0.283 e. The molecule has 0 fully saturated rings. The van der Waals surface area contributed by atoms with E-state index in [0.717, 1.165) is 0 Å². The van der Waals surface area contributed by atoms with Gasteiger partial charge in [-0.25, -0.2) is 8.78 Å². The van der Waals surface area contributed by atoms with Gasteiger partial charge in [0.05, 0.1) is 0 Å². The van der Waals surface area contributed by atoms with E-state index in [0.29, 0.717) is 0 Å². The van der Waals surface area contributed by atoms with Crippen molar-refractivity contribution in [3.63, 3.8) is 0 Å². The van der Waals surface area contributed by atoms with Crippen molar-refractivity contribution in [1.82, 2.24) is 0 Å². The lowest BCUT2D eigenvalue weighted by molar-refractivity contribution is -0.457. The number of hydrogen-bond donors (Lipinski definition) is 1. The average molecular weight is 500 g/mol. The van der Waals surface area contributed by atoms with Crippen LogP contribution in [0.3, 0.4) is 0 Å². The highest BCUT2D eigenvalue weighted by Crippen LogP contribution is 2.66. The van der Waals surface area contributed by atoms with Gasteiger partial charge < -0.3 is 0 Å². The van der Waals surface area contributed by atoms with Crippen molar-refractivity contribution in [3.8, 4) is 0 Å². The quantitative estimate of drug-likeness (QED) is 0.435. The van der Waals surface area contributed by atoms with Gasteiger partial charge in [-0.15, -0.1) is 0 Å². The molecule has 29 heavy (non-hydrogen) atoms. The van der Waals surface area contributed by atoms with Crippen LogP contribution in [0.2, 0.25) is 0 Å². The van der Waals surface area contributed by atoms with Gasteiger partial charge in [-0.2, -0.15) is 74.3 Å². The summed E-state index contributed by atoms with van der Waals surface area (Å²) in [4.78, 5) is 0. The lowest BCUT2D eigenvalue weighted by atomic mass is 9.83. The first-order valence-electron chi connectivity index (χ1n) is 5.68. The van der Waals surface area contributed by atoms with Gasteiger partial charge in [0.1, 0.15) is 0 Å². The van der Waals surface area contributed by atoms with Gasteiger partial charge in [0, 0.05) is 0 Å². The maximum Gasteiger partial charge on any atom is 0.457 e. The highest BCUT2D eigenvalue weighted by atomic mass is 32.2. The predicted molar refractivity (Wildman–Crippen MR) is 52.2 cm³/mol. The Morgan fingerprint density at radius 3 is 0.931 bits per heavy atom. The van der Waals surface area contributed by atoms with Crippen molar-refractivity contribution in [2.45, 2.75) is 47.0 Å². The molecule has 0 saturated carbocycles. The van der Waals surface area contributed by atoms with Crippen molar-refractivity contribution in [3.05, 3.63) is 0 Å². The molecule has 0 bridgehead atoms. The second-order valence-corrected chi connectivity index (χ2v) is 6.46. The molecule has 0 amide bonds. The molecule has 0 aromatic rings. The SMILES string of the molecule is O=S(=O)(O)C(F)(C(F)(F)F)C(F)(F)C(F)(F)C(F)(C(F)(F)F)C(F)(F)C(F)(F)F. The summed E-state index contributed by atoms with van der Waals surface area (Å²) in [6.45, 7) is 0. The second kappa shape index (κ2) is 6.36. The molecule has 2 atom stereocenters. The summed E-state index contributed by atoms with van der Waals surface area (Å²) in [5.41, 5.74) is -9.07. The largest absolute Gasteiger partial charge is 0.457 e. The third kappa shape index (κ3) is 3.26. The van der Waals surface area contributed by atoms with Crippen LogP contribution in [0.25, 0.3) is 0 Å².